The van der Waals surface area contributed by atoms with E-state index in [1.54, 1.807) is 17.0 Å². The van der Waals surface area contributed by atoms with Gasteiger partial charge >= 0.3 is 0 Å². The highest BCUT2D eigenvalue weighted by molar-refractivity contribution is 5.97. The van der Waals surface area contributed by atoms with E-state index < -0.39 is 0 Å². The summed E-state index contributed by atoms with van der Waals surface area (Å²) in [5, 5.41) is 21.5. The van der Waals surface area contributed by atoms with Crippen molar-refractivity contribution in [1.82, 2.24) is 10.2 Å². The summed E-state index contributed by atoms with van der Waals surface area (Å²) < 4.78 is 5.61. The molecule has 0 radical (unpaired) electrons. The van der Waals surface area contributed by atoms with Crippen molar-refractivity contribution in [3.63, 3.8) is 0 Å². The maximum atomic E-state index is 12.4. The minimum Gasteiger partial charge on any atom is -0.508 e. The molecule has 2 unspecified atom stereocenters. The summed E-state index contributed by atoms with van der Waals surface area (Å²) in [7, 11) is 0. The molecule has 2 atom stereocenters. The minimum atomic E-state index is -0.267. The predicted molar refractivity (Wildman–Crippen MR) is 90.1 cm³/mol. The Hall–Kier alpha value is -2.52. The minimum absolute atomic E-state index is 0.0277. The van der Waals surface area contributed by atoms with Gasteiger partial charge in [-0.1, -0.05) is 12.1 Å². The maximum absolute atomic E-state index is 12.4. The molecule has 0 aliphatic carbocycles. The highest BCUT2D eigenvalue weighted by Crippen LogP contribution is 2.13. The SMILES string of the molecule is CC1CN(C(=O)/C(C#N)=C\NCCc2ccc(O)cc2)CC(C)O1. The lowest BCUT2D eigenvalue weighted by Crippen LogP contribution is -2.48. The lowest BCUT2D eigenvalue weighted by molar-refractivity contribution is -0.138. The first-order valence-electron chi connectivity index (χ1n) is 8.06. The number of ether oxygens (including phenoxy) is 1. The molecule has 1 aliphatic heterocycles. The molecule has 6 heteroatoms. The fourth-order valence-corrected chi connectivity index (χ4v) is 2.71. The molecule has 1 fully saturated rings. The third-order valence-electron chi connectivity index (χ3n) is 3.80. The van der Waals surface area contributed by atoms with Gasteiger partial charge in [0.2, 0.25) is 0 Å². The number of rotatable bonds is 5. The highest BCUT2D eigenvalue weighted by Gasteiger charge is 2.27. The van der Waals surface area contributed by atoms with Crippen LogP contribution < -0.4 is 5.32 Å². The number of phenols is 1. The number of aromatic hydroxyl groups is 1. The Morgan fingerprint density at radius 2 is 2.00 bits per heavy atom. The van der Waals surface area contributed by atoms with Crippen LogP contribution in [-0.4, -0.2) is 47.8 Å². The zero-order valence-electron chi connectivity index (χ0n) is 14.0. The standard InChI is InChI=1S/C18H23N3O3/c1-13-11-21(12-14(2)24-13)18(23)16(9-19)10-20-8-7-15-3-5-17(22)6-4-15/h3-6,10,13-14,20,22H,7-8,11-12H2,1-2H3/b16-10-. The summed E-state index contributed by atoms with van der Waals surface area (Å²) in [5.41, 5.74) is 1.16. The van der Waals surface area contributed by atoms with Crippen LogP contribution in [0.3, 0.4) is 0 Å². The molecule has 1 aromatic carbocycles. The number of nitriles is 1. The molecular formula is C18H23N3O3. The Bertz CT molecular complexity index is 624. The third kappa shape index (κ3) is 5.00. The Kier molecular flexibility index (Phi) is 6.21. The monoisotopic (exact) mass is 329 g/mol. The first-order chi connectivity index (χ1) is 11.5. The number of phenolic OH excluding ortho intramolecular Hbond substituents is 1. The number of hydrogen-bond acceptors (Lipinski definition) is 5. The van der Waals surface area contributed by atoms with E-state index in [0.29, 0.717) is 19.6 Å². The molecule has 2 N–H and O–H groups in total. The predicted octanol–water partition coefficient (Wildman–Crippen LogP) is 1.57. The molecule has 1 saturated heterocycles. The van der Waals surface area contributed by atoms with Crippen molar-refractivity contribution in [3.8, 4) is 11.8 Å². The number of benzene rings is 1. The quantitative estimate of drug-likeness (QED) is 0.486. The van der Waals surface area contributed by atoms with Crippen molar-refractivity contribution < 1.29 is 14.6 Å². The van der Waals surface area contributed by atoms with Crippen LogP contribution in [-0.2, 0) is 16.0 Å². The van der Waals surface area contributed by atoms with Crippen LogP contribution >= 0.6 is 0 Å². The van der Waals surface area contributed by atoms with E-state index in [-0.39, 0.29) is 29.4 Å². The number of nitrogens with one attached hydrogen (secondary N) is 1. The zero-order valence-corrected chi connectivity index (χ0v) is 14.0. The number of amides is 1. The van der Waals surface area contributed by atoms with Gasteiger partial charge in [-0.15, -0.1) is 0 Å². The topological polar surface area (TPSA) is 85.6 Å². The molecule has 128 valence electrons. The maximum Gasteiger partial charge on any atom is 0.266 e. The summed E-state index contributed by atoms with van der Waals surface area (Å²) in [6.07, 6.45) is 2.16. The summed E-state index contributed by atoms with van der Waals surface area (Å²) >= 11 is 0. The van der Waals surface area contributed by atoms with Gasteiger partial charge in [0, 0.05) is 25.8 Å². The van der Waals surface area contributed by atoms with Crippen molar-refractivity contribution in [2.75, 3.05) is 19.6 Å². The van der Waals surface area contributed by atoms with E-state index in [1.165, 1.54) is 6.20 Å². The average molecular weight is 329 g/mol. The molecule has 1 amide bonds. The van der Waals surface area contributed by atoms with Crippen molar-refractivity contribution in [1.29, 1.82) is 5.26 Å². The highest BCUT2D eigenvalue weighted by atomic mass is 16.5. The van der Waals surface area contributed by atoms with Crippen LogP contribution in [0.25, 0.3) is 0 Å². The molecule has 6 nitrogen and oxygen atoms in total. The van der Waals surface area contributed by atoms with Gasteiger partial charge in [-0.25, -0.2) is 0 Å². The molecule has 0 spiro atoms. The summed E-state index contributed by atoms with van der Waals surface area (Å²) in [4.78, 5) is 14.1. The first kappa shape index (κ1) is 17.8. The van der Waals surface area contributed by atoms with E-state index in [1.807, 2.05) is 32.0 Å². The lowest BCUT2D eigenvalue weighted by atomic mass is 10.1. The van der Waals surface area contributed by atoms with Crippen molar-refractivity contribution in [2.45, 2.75) is 32.5 Å². The van der Waals surface area contributed by atoms with E-state index in [2.05, 4.69) is 5.32 Å². The van der Waals surface area contributed by atoms with E-state index in [4.69, 9.17) is 4.74 Å². The second-order valence-corrected chi connectivity index (χ2v) is 6.01. The van der Waals surface area contributed by atoms with Crippen LogP contribution in [0.5, 0.6) is 5.75 Å². The van der Waals surface area contributed by atoms with Crippen molar-refractivity contribution in [2.24, 2.45) is 0 Å². The van der Waals surface area contributed by atoms with Crippen LogP contribution in [0.2, 0.25) is 0 Å². The average Bonchev–Trinajstić information content (AvgIpc) is 2.55. The van der Waals surface area contributed by atoms with Gasteiger partial charge in [-0.2, -0.15) is 5.26 Å². The summed E-state index contributed by atoms with van der Waals surface area (Å²) in [6.45, 7) is 5.42. The van der Waals surface area contributed by atoms with E-state index in [9.17, 15) is 15.2 Å². The van der Waals surface area contributed by atoms with Crippen LogP contribution in [0.4, 0.5) is 0 Å². The number of morpholine rings is 1. The molecule has 0 aromatic heterocycles. The van der Waals surface area contributed by atoms with Crippen LogP contribution in [0.15, 0.2) is 36.0 Å². The number of carbonyl (C=O) groups is 1. The van der Waals surface area contributed by atoms with Gasteiger partial charge in [0.1, 0.15) is 17.4 Å². The number of carbonyl (C=O) groups excluding carboxylic acids is 1. The second-order valence-electron chi connectivity index (χ2n) is 6.01. The Labute approximate surface area is 142 Å². The third-order valence-corrected chi connectivity index (χ3v) is 3.80. The Morgan fingerprint density at radius 3 is 2.58 bits per heavy atom. The summed E-state index contributed by atoms with van der Waals surface area (Å²) in [5.74, 6) is -0.0328. The van der Waals surface area contributed by atoms with Crippen molar-refractivity contribution in [3.05, 3.63) is 41.6 Å². The molecular weight excluding hydrogens is 306 g/mol. The smallest absolute Gasteiger partial charge is 0.266 e. The largest absolute Gasteiger partial charge is 0.508 e. The Morgan fingerprint density at radius 1 is 1.38 bits per heavy atom. The normalized spacial score (nSPS) is 21.2. The molecule has 1 heterocycles. The fourth-order valence-electron chi connectivity index (χ4n) is 2.71. The zero-order chi connectivity index (χ0) is 17.5. The van der Waals surface area contributed by atoms with E-state index >= 15 is 0 Å². The number of nitrogens with zero attached hydrogens (tertiary/aromatic N) is 2. The summed E-state index contributed by atoms with van der Waals surface area (Å²) in [6, 6.07) is 8.92. The van der Waals surface area contributed by atoms with Crippen LogP contribution in [0, 0.1) is 11.3 Å². The second kappa shape index (κ2) is 8.37. The van der Waals surface area contributed by atoms with E-state index in [0.717, 1.165) is 12.0 Å². The molecule has 0 bridgehead atoms. The molecule has 1 aromatic rings. The van der Waals surface area contributed by atoms with Gasteiger partial charge in [-0.05, 0) is 38.0 Å². The van der Waals surface area contributed by atoms with Gasteiger partial charge in [-0.3, -0.25) is 4.79 Å². The number of hydrogen-bond donors (Lipinski definition) is 2. The molecule has 0 saturated carbocycles. The van der Waals surface area contributed by atoms with Crippen molar-refractivity contribution >= 4 is 5.91 Å². The fraction of sp³-hybridized carbons (Fsp3) is 0.444. The molecule has 2 rings (SSSR count). The molecule has 1 aliphatic rings. The van der Waals surface area contributed by atoms with Gasteiger partial charge in [0.25, 0.3) is 5.91 Å². The molecule has 24 heavy (non-hydrogen) atoms. The van der Waals surface area contributed by atoms with Gasteiger partial charge in [0.15, 0.2) is 0 Å². The Balaban J connectivity index is 1.88. The van der Waals surface area contributed by atoms with Gasteiger partial charge in [0.05, 0.1) is 12.2 Å². The first-order valence-corrected chi connectivity index (χ1v) is 8.06. The lowest BCUT2D eigenvalue weighted by Gasteiger charge is -2.35. The van der Waals surface area contributed by atoms with Crippen LogP contribution in [0.1, 0.15) is 19.4 Å². The van der Waals surface area contributed by atoms with Gasteiger partial charge < -0.3 is 20.1 Å².